The van der Waals surface area contributed by atoms with Crippen LogP contribution in [0.1, 0.15) is 25.7 Å². The van der Waals surface area contributed by atoms with Crippen LogP contribution in [0.25, 0.3) is 0 Å². The molecule has 0 aromatic heterocycles. The van der Waals surface area contributed by atoms with Gasteiger partial charge in [0.25, 0.3) is 0 Å². The summed E-state index contributed by atoms with van der Waals surface area (Å²) in [5, 5.41) is 5.01. The predicted octanol–water partition coefficient (Wildman–Crippen LogP) is -0.113. The fourth-order valence-electron chi connectivity index (χ4n) is 3.09. The van der Waals surface area contributed by atoms with Gasteiger partial charge in [-0.2, -0.15) is 0 Å². The van der Waals surface area contributed by atoms with E-state index in [1.54, 1.807) is 0 Å². The van der Waals surface area contributed by atoms with E-state index in [0.717, 1.165) is 12.8 Å². The van der Waals surface area contributed by atoms with E-state index in [1.165, 1.54) is 12.8 Å². The number of hydrogen-bond donors (Lipinski definition) is 1. The van der Waals surface area contributed by atoms with Gasteiger partial charge in [0.1, 0.15) is 0 Å². The molecule has 2 rings (SSSR count). The van der Waals surface area contributed by atoms with Crippen molar-refractivity contribution in [1.29, 1.82) is 0 Å². The first-order valence-electron chi connectivity index (χ1n) is 7.61. The number of nitrogens with zero attached hydrogens (tertiary/aromatic N) is 3. The molecule has 7 nitrogen and oxygen atoms in total. The van der Waals surface area contributed by atoms with Crippen molar-refractivity contribution < 1.29 is 13.2 Å². The molecule has 2 fully saturated rings. The number of primary sulfonamides is 1. The maximum absolute atomic E-state index is 12.4. The zero-order valence-electron chi connectivity index (χ0n) is 12.7. The molecule has 1 aliphatic carbocycles. The first-order valence-corrected chi connectivity index (χ1v) is 9.33. The number of carbonyl (C=O) groups is 1. The molecule has 1 aliphatic heterocycles. The quantitative estimate of drug-likeness (QED) is 0.783. The van der Waals surface area contributed by atoms with E-state index >= 15 is 0 Å². The van der Waals surface area contributed by atoms with Gasteiger partial charge in [-0.15, -0.1) is 0 Å². The minimum Gasteiger partial charge on any atom is -0.325 e. The van der Waals surface area contributed by atoms with E-state index in [4.69, 9.17) is 5.14 Å². The summed E-state index contributed by atoms with van der Waals surface area (Å²) in [6.45, 7) is 3.17. The molecule has 0 spiro atoms. The molecule has 1 saturated carbocycles. The smallest absolute Gasteiger partial charge is 0.320 e. The molecule has 2 aliphatic rings. The monoisotopic (exact) mass is 318 g/mol. The van der Waals surface area contributed by atoms with Crippen molar-refractivity contribution in [3.05, 3.63) is 0 Å². The SMILES string of the molecule is CN(C(=O)N1CCN(CCS(N)(=O)=O)CC1)C1CCCC1. The van der Waals surface area contributed by atoms with Gasteiger partial charge in [0.05, 0.1) is 5.75 Å². The van der Waals surface area contributed by atoms with Crippen LogP contribution in [0.5, 0.6) is 0 Å². The van der Waals surface area contributed by atoms with E-state index in [0.29, 0.717) is 38.8 Å². The van der Waals surface area contributed by atoms with Crippen LogP contribution >= 0.6 is 0 Å². The van der Waals surface area contributed by atoms with Crippen LogP contribution in [0.3, 0.4) is 0 Å². The van der Waals surface area contributed by atoms with Gasteiger partial charge in [0.15, 0.2) is 0 Å². The third-order valence-corrected chi connectivity index (χ3v) is 5.26. The Hall–Kier alpha value is -0.860. The molecule has 0 aromatic rings. The van der Waals surface area contributed by atoms with Crippen LogP contribution in [0.2, 0.25) is 0 Å². The number of hydrogen-bond acceptors (Lipinski definition) is 4. The molecule has 2 amide bonds. The Bertz CT molecular complexity index is 454. The number of urea groups is 1. The number of piperazine rings is 1. The third-order valence-electron chi connectivity index (χ3n) is 4.51. The second kappa shape index (κ2) is 6.93. The summed E-state index contributed by atoms with van der Waals surface area (Å²) in [4.78, 5) is 18.2. The van der Waals surface area contributed by atoms with Gasteiger partial charge >= 0.3 is 6.03 Å². The van der Waals surface area contributed by atoms with Gasteiger partial charge in [-0.3, -0.25) is 4.90 Å². The predicted molar refractivity (Wildman–Crippen MR) is 81.4 cm³/mol. The van der Waals surface area contributed by atoms with E-state index in [9.17, 15) is 13.2 Å². The summed E-state index contributed by atoms with van der Waals surface area (Å²) < 4.78 is 21.9. The summed E-state index contributed by atoms with van der Waals surface area (Å²) in [5.74, 6) is -0.0249. The van der Waals surface area contributed by atoms with Crippen molar-refractivity contribution in [2.45, 2.75) is 31.7 Å². The van der Waals surface area contributed by atoms with Crippen molar-refractivity contribution in [1.82, 2.24) is 14.7 Å². The minimum absolute atomic E-state index is 0.0249. The molecule has 21 heavy (non-hydrogen) atoms. The Labute approximate surface area is 127 Å². The molecule has 0 aromatic carbocycles. The first kappa shape index (κ1) is 16.5. The van der Waals surface area contributed by atoms with E-state index < -0.39 is 10.0 Å². The summed E-state index contributed by atoms with van der Waals surface area (Å²) in [5.41, 5.74) is 0. The second-order valence-corrected chi connectivity index (χ2v) is 7.76. The molecule has 2 N–H and O–H groups in total. The maximum Gasteiger partial charge on any atom is 0.320 e. The van der Waals surface area contributed by atoms with E-state index in [2.05, 4.69) is 0 Å². The molecule has 1 heterocycles. The average molecular weight is 318 g/mol. The highest BCUT2D eigenvalue weighted by molar-refractivity contribution is 7.89. The topological polar surface area (TPSA) is 86.9 Å². The molecule has 0 radical (unpaired) electrons. The van der Waals surface area contributed by atoms with E-state index in [-0.39, 0.29) is 11.8 Å². The van der Waals surface area contributed by atoms with Crippen molar-refractivity contribution in [3.8, 4) is 0 Å². The zero-order valence-corrected chi connectivity index (χ0v) is 13.5. The van der Waals surface area contributed by atoms with Crippen molar-refractivity contribution in [2.24, 2.45) is 5.14 Å². The molecular weight excluding hydrogens is 292 g/mol. The van der Waals surface area contributed by atoms with Crippen molar-refractivity contribution in [2.75, 3.05) is 45.5 Å². The van der Waals surface area contributed by atoms with Crippen molar-refractivity contribution >= 4 is 16.1 Å². The molecular formula is C13H26N4O3S. The second-order valence-electron chi connectivity index (χ2n) is 6.03. The zero-order chi connectivity index (χ0) is 15.5. The molecule has 0 atom stereocenters. The number of sulfonamides is 1. The highest BCUT2D eigenvalue weighted by atomic mass is 32.2. The summed E-state index contributed by atoms with van der Waals surface area (Å²) in [6.07, 6.45) is 4.64. The van der Waals surface area contributed by atoms with Crippen LogP contribution in [0, 0.1) is 0 Å². The Morgan fingerprint density at radius 2 is 1.76 bits per heavy atom. The molecule has 1 saturated heterocycles. The third kappa shape index (κ3) is 4.82. The Balaban J connectivity index is 1.76. The van der Waals surface area contributed by atoms with Crippen LogP contribution < -0.4 is 5.14 Å². The van der Waals surface area contributed by atoms with Crippen LogP contribution in [0.15, 0.2) is 0 Å². The summed E-state index contributed by atoms with van der Waals surface area (Å²) >= 11 is 0. The highest BCUT2D eigenvalue weighted by Crippen LogP contribution is 2.23. The lowest BCUT2D eigenvalue weighted by Gasteiger charge is -2.38. The van der Waals surface area contributed by atoms with Gasteiger partial charge < -0.3 is 9.80 Å². The van der Waals surface area contributed by atoms with Gasteiger partial charge in [-0.05, 0) is 12.8 Å². The number of nitrogens with two attached hydrogens (primary N) is 1. The number of amides is 2. The lowest BCUT2D eigenvalue weighted by atomic mass is 10.2. The minimum atomic E-state index is -3.41. The van der Waals surface area contributed by atoms with Crippen LogP contribution in [0.4, 0.5) is 4.79 Å². The lowest BCUT2D eigenvalue weighted by molar-refractivity contribution is 0.111. The van der Waals surface area contributed by atoms with Crippen LogP contribution in [-0.2, 0) is 10.0 Å². The molecule has 0 unspecified atom stereocenters. The van der Waals surface area contributed by atoms with Gasteiger partial charge in [-0.1, -0.05) is 12.8 Å². The summed E-state index contributed by atoms with van der Waals surface area (Å²) in [7, 11) is -1.51. The Kier molecular flexibility index (Phi) is 5.45. The van der Waals surface area contributed by atoms with Crippen molar-refractivity contribution in [3.63, 3.8) is 0 Å². The fraction of sp³-hybridized carbons (Fsp3) is 0.923. The number of carbonyl (C=O) groups excluding carboxylic acids is 1. The molecule has 122 valence electrons. The highest BCUT2D eigenvalue weighted by Gasteiger charge is 2.29. The molecule has 8 heteroatoms. The van der Waals surface area contributed by atoms with E-state index in [1.807, 2.05) is 21.7 Å². The van der Waals surface area contributed by atoms with Gasteiger partial charge in [-0.25, -0.2) is 18.4 Å². The van der Waals surface area contributed by atoms with Crippen LogP contribution in [-0.4, -0.2) is 80.7 Å². The largest absolute Gasteiger partial charge is 0.325 e. The maximum atomic E-state index is 12.4. The Morgan fingerprint density at radius 1 is 1.19 bits per heavy atom. The first-order chi connectivity index (χ1) is 9.87. The fourth-order valence-corrected chi connectivity index (χ4v) is 3.60. The van der Waals surface area contributed by atoms with Gasteiger partial charge in [0.2, 0.25) is 10.0 Å². The molecule has 0 bridgehead atoms. The number of rotatable bonds is 4. The standard InChI is InChI=1S/C13H26N4O3S/c1-15(12-4-2-3-5-12)13(18)17-8-6-16(7-9-17)10-11-21(14,19)20/h12H,2-11H2,1H3,(H2,14,19,20). The summed E-state index contributed by atoms with van der Waals surface area (Å²) in [6, 6.07) is 0.492. The Morgan fingerprint density at radius 3 is 2.29 bits per heavy atom. The normalized spacial score (nSPS) is 21.7. The van der Waals surface area contributed by atoms with Gasteiger partial charge in [0, 0.05) is 45.8 Å². The average Bonchev–Trinajstić information content (AvgIpc) is 2.97. The lowest BCUT2D eigenvalue weighted by Crippen LogP contribution is -2.54.